The summed E-state index contributed by atoms with van der Waals surface area (Å²) in [6.45, 7) is 3.37. The molecule has 29 heavy (non-hydrogen) atoms. The van der Waals surface area contributed by atoms with Crippen LogP contribution in [-0.2, 0) is 5.54 Å². The van der Waals surface area contributed by atoms with Gasteiger partial charge in [0.25, 0.3) is 0 Å². The molecule has 0 amide bonds. The van der Waals surface area contributed by atoms with Gasteiger partial charge in [0.2, 0.25) is 0 Å². The van der Waals surface area contributed by atoms with Crippen molar-refractivity contribution in [2.75, 3.05) is 6.54 Å². The maximum absolute atomic E-state index is 4.00. The standard InChI is InChI=1S/C28H31N/c1-2-28(26-18-10-5-11-19-26,20-12-15-23-13-6-3-7-14-23)29-22-25-21-27(25)24-16-8-4-9-17-24/h3-19,25,27,29H,2,20-22H2,1H3/t25-,27-,28?/m0/s1. The molecule has 0 heterocycles. The van der Waals surface area contributed by atoms with Crippen LogP contribution in [0.15, 0.2) is 97.1 Å². The molecule has 1 saturated carbocycles. The zero-order valence-corrected chi connectivity index (χ0v) is 17.3. The molecular weight excluding hydrogens is 350 g/mol. The minimum Gasteiger partial charge on any atom is -0.307 e. The molecule has 1 N–H and O–H groups in total. The Morgan fingerprint density at radius 1 is 0.862 bits per heavy atom. The Kier molecular flexibility index (Phi) is 6.27. The molecule has 0 saturated heterocycles. The van der Waals surface area contributed by atoms with E-state index >= 15 is 0 Å². The summed E-state index contributed by atoms with van der Waals surface area (Å²) >= 11 is 0. The molecule has 1 aliphatic carbocycles. The highest BCUT2D eigenvalue weighted by atomic mass is 15.0. The first-order chi connectivity index (χ1) is 14.3. The van der Waals surface area contributed by atoms with Gasteiger partial charge in [-0.25, -0.2) is 0 Å². The third kappa shape index (κ3) is 4.86. The molecule has 0 bridgehead atoms. The van der Waals surface area contributed by atoms with Crippen LogP contribution in [0, 0.1) is 5.92 Å². The van der Waals surface area contributed by atoms with E-state index < -0.39 is 0 Å². The molecule has 3 aromatic carbocycles. The van der Waals surface area contributed by atoms with Crippen molar-refractivity contribution < 1.29 is 0 Å². The van der Waals surface area contributed by atoms with Gasteiger partial charge in [-0.2, -0.15) is 0 Å². The fourth-order valence-corrected chi connectivity index (χ4v) is 4.39. The smallest absolute Gasteiger partial charge is 0.0467 e. The van der Waals surface area contributed by atoms with Crippen molar-refractivity contribution in [3.63, 3.8) is 0 Å². The summed E-state index contributed by atoms with van der Waals surface area (Å²) in [5.74, 6) is 1.46. The number of benzene rings is 3. The minimum absolute atomic E-state index is 0.0175. The molecule has 1 nitrogen and oxygen atoms in total. The van der Waals surface area contributed by atoms with Crippen LogP contribution in [0.3, 0.4) is 0 Å². The van der Waals surface area contributed by atoms with Crippen molar-refractivity contribution in [1.29, 1.82) is 0 Å². The second kappa shape index (κ2) is 9.24. The molecular formula is C28H31N. The molecule has 0 aliphatic heterocycles. The Morgan fingerprint density at radius 2 is 1.48 bits per heavy atom. The first-order valence-corrected chi connectivity index (χ1v) is 10.9. The molecule has 0 aromatic heterocycles. The van der Waals surface area contributed by atoms with E-state index in [0.29, 0.717) is 5.92 Å². The molecule has 1 aliphatic rings. The van der Waals surface area contributed by atoms with Gasteiger partial charge >= 0.3 is 0 Å². The summed E-state index contributed by atoms with van der Waals surface area (Å²) in [6.07, 6.45) is 7.94. The van der Waals surface area contributed by atoms with Crippen LogP contribution in [0.4, 0.5) is 0 Å². The molecule has 0 spiro atoms. The average Bonchev–Trinajstić information content (AvgIpc) is 3.58. The molecule has 0 radical (unpaired) electrons. The molecule has 3 aromatic rings. The quantitative estimate of drug-likeness (QED) is 0.430. The van der Waals surface area contributed by atoms with Gasteiger partial charge in [-0.15, -0.1) is 0 Å². The van der Waals surface area contributed by atoms with Gasteiger partial charge in [-0.05, 0) is 54.3 Å². The summed E-state index contributed by atoms with van der Waals surface area (Å²) in [6, 6.07) is 32.5. The van der Waals surface area contributed by atoms with E-state index in [1.807, 2.05) is 0 Å². The molecule has 4 rings (SSSR count). The second-order valence-corrected chi connectivity index (χ2v) is 8.21. The fraction of sp³-hybridized carbons (Fsp3) is 0.286. The van der Waals surface area contributed by atoms with Crippen molar-refractivity contribution in [1.82, 2.24) is 5.32 Å². The van der Waals surface area contributed by atoms with E-state index in [2.05, 4.69) is 115 Å². The van der Waals surface area contributed by atoms with Gasteiger partial charge in [0, 0.05) is 5.54 Å². The largest absolute Gasteiger partial charge is 0.307 e. The number of nitrogens with one attached hydrogen (secondary N) is 1. The third-order valence-electron chi connectivity index (χ3n) is 6.36. The molecule has 148 valence electrons. The van der Waals surface area contributed by atoms with Crippen molar-refractivity contribution in [3.8, 4) is 0 Å². The second-order valence-electron chi connectivity index (χ2n) is 8.21. The Bertz CT molecular complexity index is 901. The van der Waals surface area contributed by atoms with Gasteiger partial charge in [-0.1, -0.05) is 110 Å². The normalized spacial score (nSPS) is 20.4. The van der Waals surface area contributed by atoms with Gasteiger partial charge in [0.1, 0.15) is 0 Å². The van der Waals surface area contributed by atoms with Crippen LogP contribution in [0.1, 0.15) is 48.8 Å². The highest BCUT2D eigenvalue weighted by Gasteiger charge is 2.40. The van der Waals surface area contributed by atoms with E-state index in [1.165, 1.54) is 23.1 Å². The van der Waals surface area contributed by atoms with Gasteiger partial charge in [0.05, 0.1) is 0 Å². The van der Waals surface area contributed by atoms with Crippen LogP contribution in [0.5, 0.6) is 0 Å². The van der Waals surface area contributed by atoms with E-state index in [0.717, 1.165) is 25.3 Å². The van der Waals surface area contributed by atoms with Gasteiger partial charge in [0.15, 0.2) is 0 Å². The van der Waals surface area contributed by atoms with Crippen molar-refractivity contribution in [2.45, 2.75) is 37.6 Å². The van der Waals surface area contributed by atoms with Crippen LogP contribution in [0.25, 0.3) is 6.08 Å². The monoisotopic (exact) mass is 381 g/mol. The maximum Gasteiger partial charge on any atom is 0.0467 e. The summed E-state index contributed by atoms with van der Waals surface area (Å²) in [4.78, 5) is 0. The van der Waals surface area contributed by atoms with Crippen molar-refractivity contribution in [3.05, 3.63) is 114 Å². The minimum atomic E-state index is -0.0175. The predicted octanol–water partition coefficient (Wildman–Crippen LogP) is 6.79. The summed E-state index contributed by atoms with van der Waals surface area (Å²) in [5, 5.41) is 4.00. The van der Waals surface area contributed by atoms with E-state index in [-0.39, 0.29) is 5.54 Å². The lowest BCUT2D eigenvalue weighted by atomic mass is 9.83. The third-order valence-corrected chi connectivity index (χ3v) is 6.36. The topological polar surface area (TPSA) is 12.0 Å². The highest BCUT2D eigenvalue weighted by molar-refractivity contribution is 5.49. The lowest BCUT2D eigenvalue weighted by Crippen LogP contribution is -2.42. The summed E-state index contributed by atoms with van der Waals surface area (Å²) < 4.78 is 0. The lowest BCUT2D eigenvalue weighted by Gasteiger charge is -2.34. The van der Waals surface area contributed by atoms with Crippen molar-refractivity contribution >= 4 is 6.08 Å². The van der Waals surface area contributed by atoms with Gasteiger partial charge < -0.3 is 5.32 Å². The summed E-state index contributed by atoms with van der Waals surface area (Å²) in [7, 11) is 0. The van der Waals surface area contributed by atoms with Crippen LogP contribution >= 0.6 is 0 Å². The average molecular weight is 382 g/mol. The highest BCUT2D eigenvalue weighted by Crippen LogP contribution is 2.47. The van der Waals surface area contributed by atoms with E-state index in [9.17, 15) is 0 Å². The van der Waals surface area contributed by atoms with Crippen LogP contribution in [-0.4, -0.2) is 6.54 Å². The van der Waals surface area contributed by atoms with E-state index in [1.54, 1.807) is 0 Å². The zero-order chi connectivity index (χ0) is 19.9. The summed E-state index contributed by atoms with van der Waals surface area (Å²) in [5.41, 5.74) is 4.12. The first-order valence-electron chi connectivity index (χ1n) is 10.9. The number of hydrogen-bond acceptors (Lipinski definition) is 1. The van der Waals surface area contributed by atoms with Crippen molar-refractivity contribution in [2.24, 2.45) is 5.92 Å². The van der Waals surface area contributed by atoms with Gasteiger partial charge in [-0.3, -0.25) is 0 Å². The van der Waals surface area contributed by atoms with Crippen LogP contribution in [0.2, 0.25) is 0 Å². The Morgan fingerprint density at radius 3 is 2.14 bits per heavy atom. The fourth-order valence-electron chi connectivity index (χ4n) is 4.39. The maximum atomic E-state index is 4.00. The Labute approximate surface area is 175 Å². The first kappa shape index (κ1) is 19.7. The van der Waals surface area contributed by atoms with Crippen LogP contribution < -0.4 is 5.32 Å². The lowest BCUT2D eigenvalue weighted by molar-refractivity contribution is 0.316. The SMILES string of the molecule is CCC(CC=Cc1ccccc1)(NC[C@@H]1C[C@H]1c1ccccc1)c1ccccc1. The molecule has 1 fully saturated rings. The number of hydrogen-bond donors (Lipinski definition) is 1. The Balaban J connectivity index is 1.47. The molecule has 1 heteroatoms. The zero-order valence-electron chi connectivity index (χ0n) is 17.3. The molecule has 1 unspecified atom stereocenters. The number of rotatable bonds is 9. The van der Waals surface area contributed by atoms with E-state index in [4.69, 9.17) is 0 Å². The molecule has 3 atom stereocenters. The Hall–Kier alpha value is -2.64. The predicted molar refractivity (Wildman–Crippen MR) is 124 cm³/mol.